The van der Waals surface area contributed by atoms with Gasteiger partial charge in [0, 0.05) is 11.6 Å². The van der Waals surface area contributed by atoms with E-state index in [1.165, 1.54) is 37.7 Å². The summed E-state index contributed by atoms with van der Waals surface area (Å²) >= 11 is 5.90. The molecule has 0 aromatic heterocycles. The van der Waals surface area contributed by atoms with Gasteiger partial charge in [-0.3, -0.25) is 0 Å². The summed E-state index contributed by atoms with van der Waals surface area (Å²) in [5.41, 5.74) is 2.38. The maximum Gasteiger partial charge on any atom is 0.120 e. The summed E-state index contributed by atoms with van der Waals surface area (Å²) in [6, 6.07) is 16.1. The molecule has 130 valence electrons. The Labute approximate surface area is 151 Å². The van der Waals surface area contributed by atoms with E-state index in [-0.39, 0.29) is 0 Å². The van der Waals surface area contributed by atoms with Crippen molar-refractivity contribution < 1.29 is 4.74 Å². The smallest absolute Gasteiger partial charge is 0.120 e. The zero-order valence-electron chi connectivity index (χ0n) is 14.6. The Kier molecular flexibility index (Phi) is 8.72. The highest BCUT2D eigenvalue weighted by molar-refractivity contribution is 6.30. The molecule has 0 aliphatic rings. The van der Waals surface area contributed by atoms with E-state index in [1.807, 2.05) is 30.3 Å². The van der Waals surface area contributed by atoms with Crippen LogP contribution in [0.2, 0.25) is 5.02 Å². The summed E-state index contributed by atoms with van der Waals surface area (Å²) in [6.07, 6.45) is 6.59. The number of ether oxygens (including phenoxy) is 1. The van der Waals surface area contributed by atoms with Crippen LogP contribution in [0, 0.1) is 0 Å². The maximum absolute atomic E-state index is 5.90. The van der Waals surface area contributed by atoms with Crippen LogP contribution in [-0.2, 0) is 13.2 Å². The van der Waals surface area contributed by atoms with Crippen molar-refractivity contribution in [3.05, 3.63) is 64.7 Å². The highest BCUT2D eigenvalue weighted by Crippen LogP contribution is 2.16. The average Bonchev–Trinajstić information content (AvgIpc) is 2.61. The molecule has 3 heteroatoms. The van der Waals surface area contributed by atoms with Crippen LogP contribution in [0.15, 0.2) is 48.5 Å². The lowest BCUT2D eigenvalue weighted by atomic mass is 10.1. The Morgan fingerprint density at radius 2 is 1.71 bits per heavy atom. The van der Waals surface area contributed by atoms with Crippen LogP contribution >= 0.6 is 11.6 Å². The Hall–Kier alpha value is -1.51. The lowest BCUT2D eigenvalue weighted by molar-refractivity contribution is 0.306. The summed E-state index contributed by atoms with van der Waals surface area (Å²) in [7, 11) is 0. The summed E-state index contributed by atoms with van der Waals surface area (Å²) in [5.74, 6) is 0.909. The Morgan fingerprint density at radius 3 is 2.50 bits per heavy atom. The largest absolute Gasteiger partial charge is 0.489 e. The predicted molar refractivity (Wildman–Crippen MR) is 103 cm³/mol. The van der Waals surface area contributed by atoms with Gasteiger partial charge in [-0.2, -0.15) is 0 Å². The molecule has 1 N–H and O–H groups in total. The Balaban J connectivity index is 1.70. The molecule has 2 rings (SSSR count). The van der Waals surface area contributed by atoms with Gasteiger partial charge in [0.2, 0.25) is 0 Å². The Morgan fingerprint density at radius 1 is 0.917 bits per heavy atom. The number of rotatable bonds is 11. The third kappa shape index (κ3) is 7.37. The van der Waals surface area contributed by atoms with E-state index in [9.17, 15) is 0 Å². The second-order valence-electron chi connectivity index (χ2n) is 6.15. The third-order valence-electron chi connectivity index (χ3n) is 4.00. The summed E-state index contributed by atoms with van der Waals surface area (Å²) in [6.45, 7) is 4.79. The van der Waals surface area contributed by atoms with E-state index in [4.69, 9.17) is 16.3 Å². The lowest BCUT2D eigenvalue weighted by Crippen LogP contribution is -2.14. The van der Waals surface area contributed by atoms with Gasteiger partial charge in [0.25, 0.3) is 0 Å². The van der Waals surface area contributed by atoms with Gasteiger partial charge in [-0.1, -0.05) is 68.5 Å². The topological polar surface area (TPSA) is 21.3 Å². The Bertz CT molecular complexity index is 583. The molecule has 0 atom stereocenters. The first kappa shape index (κ1) is 18.8. The van der Waals surface area contributed by atoms with Gasteiger partial charge < -0.3 is 10.1 Å². The van der Waals surface area contributed by atoms with Gasteiger partial charge in [-0.05, 0) is 48.4 Å². The van der Waals surface area contributed by atoms with Gasteiger partial charge >= 0.3 is 0 Å². The second-order valence-corrected chi connectivity index (χ2v) is 6.59. The second kappa shape index (κ2) is 11.1. The summed E-state index contributed by atoms with van der Waals surface area (Å²) in [4.78, 5) is 0. The number of hydrogen-bond acceptors (Lipinski definition) is 2. The van der Waals surface area contributed by atoms with Crippen LogP contribution in [-0.4, -0.2) is 6.54 Å². The van der Waals surface area contributed by atoms with Gasteiger partial charge in [0.1, 0.15) is 12.4 Å². The van der Waals surface area contributed by atoms with E-state index in [0.29, 0.717) is 6.61 Å². The minimum Gasteiger partial charge on any atom is -0.489 e. The number of halogens is 1. The molecular formula is C21H28ClNO. The fourth-order valence-corrected chi connectivity index (χ4v) is 2.70. The van der Waals surface area contributed by atoms with Crippen molar-refractivity contribution in [3.63, 3.8) is 0 Å². The standard InChI is InChI=1S/C21H28ClNO/c1-2-3-4-5-6-14-23-16-19-8-7-9-21(15-19)24-17-18-10-12-20(22)13-11-18/h7-13,15,23H,2-6,14,16-17H2,1H3. The molecule has 0 amide bonds. The van der Waals surface area contributed by atoms with E-state index < -0.39 is 0 Å². The molecule has 0 radical (unpaired) electrons. The third-order valence-corrected chi connectivity index (χ3v) is 4.26. The molecule has 2 nitrogen and oxygen atoms in total. The molecular weight excluding hydrogens is 318 g/mol. The van der Waals surface area contributed by atoms with Gasteiger partial charge in [-0.25, -0.2) is 0 Å². The molecule has 0 saturated carbocycles. The van der Waals surface area contributed by atoms with Crippen LogP contribution in [0.5, 0.6) is 5.75 Å². The molecule has 0 aliphatic carbocycles. The monoisotopic (exact) mass is 345 g/mol. The van der Waals surface area contributed by atoms with Crippen molar-refractivity contribution >= 4 is 11.6 Å². The predicted octanol–water partition coefficient (Wildman–Crippen LogP) is 5.98. The number of benzene rings is 2. The fraction of sp³-hybridized carbons (Fsp3) is 0.429. The normalized spacial score (nSPS) is 10.8. The lowest BCUT2D eigenvalue weighted by Gasteiger charge is -2.09. The zero-order chi connectivity index (χ0) is 17.0. The van der Waals surface area contributed by atoms with Crippen LogP contribution in [0.3, 0.4) is 0 Å². The minimum atomic E-state index is 0.561. The average molecular weight is 346 g/mol. The van der Waals surface area contributed by atoms with Gasteiger partial charge in [-0.15, -0.1) is 0 Å². The van der Waals surface area contributed by atoms with Crippen molar-refractivity contribution in [1.82, 2.24) is 5.32 Å². The molecule has 0 aliphatic heterocycles. The fourth-order valence-electron chi connectivity index (χ4n) is 2.58. The molecule has 0 unspecified atom stereocenters. The molecule has 2 aromatic carbocycles. The molecule has 0 bridgehead atoms. The SMILES string of the molecule is CCCCCCCNCc1cccc(OCc2ccc(Cl)cc2)c1. The molecule has 0 fully saturated rings. The van der Waals surface area contributed by atoms with Crippen molar-refractivity contribution in [2.24, 2.45) is 0 Å². The first-order chi connectivity index (χ1) is 11.8. The van der Waals surface area contributed by atoms with Crippen LogP contribution in [0.1, 0.15) is 50.2 Å². The van der Waals surface area contributed by atoms with E-state index in [0.717, 1.165) is 29.4 Å². The highest BCUT2D eigenvalue weighted by Gasteiger charge is 1.99. The van der Waals surface area contributed by atoms with E-state index in [1.54, 1.807) is 0 Å². The number of unbranched alkanes of at least 4 members (excludes halogenated alkanes) is 4. The number of hydrogen-bond donors (Lipinski definition) is 1. The molecule has 0 saturated heterocycles. The van der Waals surface area contributed by atoms with E-state index in [2.05, 4.69) is 30.4 Å². The van der Waals surface area contributed by atoms with Crippen LogP contribution < -0.4 is 10.1 Å². The van der Waals surface area contributed by atoms with Gasteiger partial charge in [0.15, 0.2) is 0 Å². The summed E-state index contributed by atoms with van der Waals surface area (Å²) < 4.78 is 5.87. The van der Waals surface area contributed by atoms with Crippen molar-refractivity contribution in [2.75, 3.05) is 6.54 Å². The van der Waals surface area contributed by atoms with Crippen LogP contribution in [0.4, 0.5) is 0 Å². The highest BCUT2D eigenvalue weighted by atomic mass is 35.5. The van der Waals surface area contributed by atoms with Crippen LogP contribution in [0.25, 0.3) is 0 Å². The first-order valence-corrected chi connectivity index (χ1v) is 9.32. The summed E-state index contributed by atoms with van der Waals surface area (Å²) in [5, 5.41) is 4.27. The quantitative estimate of drug-likeness (QED) is 0.506. The molecule has 2 aromatic rings. The molecule has 0 heterocycles. The van der Waals surface area contributed by atoms with E-state index >= 15 is 0 Å². The zero-order valence-corrected chi connectivity index (χ0v) is 15.3. The van der Waals surface area contributed by atoms with Crippen molar-refractivity contribution in [2.45, 2.75) is 52.2 Å². The van der Waals surface area contributed by atoms with Crippen molar-refractivity contribution in [1.29, 1.82) is 0 Å². The van der Waals surface area contributed by atoms with Crippen molar-refractivity contribution in [3.8, 4) is 5.75 Å². The maximum atomic E-state index is 5.90. The number of nitrogens with one attached hydrogen (secondary N) is 1. The molecule has 0 spiro atoms. The first-order valence-electron chi connectivity index (χ1n) is 8.95. The molecule has 24 heavy (non-hydrogen) atoms. The van der Waals surface area contributed by atoms with Gasteiger partial charge in [0.05, 0.1) is 0 Å². The minimum absolute atomic E-state index is 0.561.